The highest BCUT2D eigenvalue weighted by atomic mass is 35.5. The summed E-state index contributed by atoms with van der Waals surface area (Å²) in [5, 5.41) is 13.3. The summed E-state index contributed by atoms with van der Waals surface area (Å²) in [6.07, 6.45) is 0. The number of rotatable bonds is 18. The predicted octanol–water partition coefficient (Wildman–Crippen LogP) is 4.08. The molecule has 12 heteroatoms. The predicted molar refractivity (Wildman–Crippen MR) is 169 cm³/mol. The molecule has 0 radical (unpaired) electrons. The summed E-state index contributed by atoms with van der Waals surface area (Å²) in [4.78, 5) is 26.1. The number of amides is 1. The highest BCUT2D eigenvalue weighted by Gasteiger charge is 2.09. The summed E-state index contributed by atoms with van der Waals surface area (Å²) in [5.74, 6) is 1.13. The Kier molecular flexibility index (Phi) is 13.0. The molecule has 4 aromatic rings. The molecular weight excluding hydrogens is 568 g/mol. The van der Waals surface area contributed by atoms with Crippen molar-refractivity contribution in [2.75, 3.05) is 55.5 Å². The molecular formula is C31H37ClN8O3. The Hall–Kier alpha value is -4.29. The molecule has 43 heavy (non-hydrogen) atoms. The fourth-order valence-electron chi connectivity index (χ4n) is 3.87. The van der Waals surface area contributed by atoms with Gasteiger partial charge in [-0.3, -0.25) is 4.79 Å². The van der Waals surface area contributed by atoms with Crippen LogP contribution in [0.3, 0.4) is 0 Å². The van der Waals surface area contributed by atoms with Crippen LogP contribution in [0.25, 0.3) is 0 Å². The van der Waals surface area contributed by atoms with Crippen molar-refractivity contribution in [2.45, 2.75) is 19.6 Å². The van der Waals surface area contributed by atoms with Crippen LogP contribution >= 0.6 is 11.6 Å². The van der Waals surface area contributed by atoms with Crippen molar-refractivity contribution in [3.05, 3.63) is 106 Å². The topological polar surface area (TPSA) is 148 Å². The number of halogens is 1. The smallest absolute Gasteiger partial charge is 0.251 e. The highest BCUT2D eigenvalue weighted by molar-refractivity contribution is 6.30. The van der Waals surface area contributed by atoms with Crippen molar-refractivity contribution in [1.29, 1.82) is 0 Å². The molecule has 0 atom stereocenters. The van der Waals surface area contributed by atoms with Crippen LogP contribution in [0.1, 0.15) is 27.0 Å². The zero-order chi connectivity index (χ0) is 30.1. The van der Waals surface area contributed by atoms with Gasteiger partial charge in [0.05, 0.1) is 26.4 Å². The number of aromatic nitrogens is 3. The number of nitrogens with one attached hydrogen (secondary N) is 4. The van der Waals surface area contributed by atoms with Gasteiger partial charge in [-0.25, -0.2) is 0 Å². The van der Waals surface area contributed by atoms with Gasteiger partial charge < -0.3 is 36.5 Å². The van der Waals surface area contributed by atoms with Gasteiger partial charge in [-0.15, -0.1) is 0 Å². The maximum atomic E-state index is 12.5. The molecule has 4 rings (SSSR count). The van der Waals surface area contributed by atoms with Crippen LogP contribution in [0.15, 0.2) is 78.9 Å². The lowest BCUT2D eigenvalue weighted by molar-refractivity contribution is 0.0511. The molecule has 0 bridgehead atoms. The van der Waals surface area contributed by atoms with E-state index < -0.39 is 0 Å². The molecule has 0 fully saturated rings. The second-order valence-electron chi connectivity index (χ2n) is 9.45. The van der Waals surface area contributed by atoms with E-state index in [0.717, 1.165) is 16.7 Å². The van der Waals surface area contributed by atoms with Gasteiger partial charge in [0.2, 0.25) is 17.8 Å². The van der Waals surface area contributed by atoms with Crippen molar-refractivity contribution < 1.29 is 14.3 Å². The van der Waals surface area contributed by atoms with Gasteiger partial charge >= 0.3 is 0 Å². The molecule has 1 heterocycles. The van der Waals surface area contributed by atoms with Crippen molar-refractivity contribution in [3.8, 4) is 0 Å². The standard InChI is InChI=1S/C31H37ClN8O3/c32-27-12-8-25(9-13-27)22-37-31-39-29(35-20-23-4-2-1-3-5-23)38-30(40-31)36-21-24-6-10-26(11-7-24)28(41)34-15-17-43-19-18-42-16-14-33/h1-13H,14-22,33H2,(H,34,41)(H3,35,36,37,38,39,40). The number of hydrogen-bond donors (Lipinski definition) is 5. The Morgan fingerprint density at radius 2 is 1.14 bits per heavy atom. The Balaban J connectivity index is 1.30. The van der Waals surface area contributed by atoms with Gasteiger partial charge in [-0.05, 0) is 41.0 Å². The van der Waals surface area contributed by atoms with Crippen molar-refractivity contribution in [3.63, 3.8) is 0 Å². The van der Waals surface area contributed by atoms with Crippen molar-refractivity contribution in [1.82, 2.24) is 20.3 Å². The summed E-state index contributed by atoms with van der Waals surface area (Å²) in [6, 6.07) is 25.0. The van der Waals surface area contributed by atoms with Gasteiger partial charge in [0.25, 0.3) is 5.91 Å². The fourth-order valence-corrected chi connectivity index (χ4v) is 4.00. The van der Waals surface area contributed by atoms with Crippen LogP contribution in [0, 0.1) is 0 Å². The van der Waals surface area contributed by atoms with E-state index in [1.807, 2.05) is 66.7 Å². The van der Waals surface area contributed by atoms with Gasteiger partial charge in [0, 0.05) is 43.3 Å². The van der Waals surface area contributed by atoms with Crippen LogP contribution in [-0.2, 0) is 29.1 Å². The van der Waals surface area contributed by atoms with E-state index in [1.54, 1.807) is 12.1 Å². The molecule has 1 amide bonds. The number of nitrogens with two attached hydrogens (primary N) is 1. The second kappa shape index (κ2) is 17.6. The summed E-state index contributed by atoms with van der Waals surface area (Å²) in [6.45, 7) is 4.31. The minimum absolute atomic E-state index is 0.162. The van der Waals surface area contributed by atoms with Crippen LogP contribution in [0.4, 0.5) is 17.8 Å². The lowest BCUT2D eigenvalue weighted by atomic mass is 10.1. The van der Waals surface area contributed by atoms with Crippen molar-refractivity contribution in [2.24, 2.45) is 5.73 Å². The van der Waals surface area contributed by atoms with Crippen LogP contribution in [0.5, 0.6) is 0 Å². The first-order valence-electron chi connectivity index (χ1n) is 14.1. The molecule has 3 aromatic carbocycles. The fraction of sp³-hybridized carbons (Fsp3) is 0.290. The average molecular weight is 605 g/mol. The summed E-state index contributed by atoms with van der Waals surface area (Å²) in [7, 11) is 0. The largest absolute Gasteiger partial charge is 0.378 e. The van der Waals surface area contributed by atoms with Crippen molar-refractivity contribution >= 4 is 35.4 Å². The highest BCUT2D eigenvalue weighted by Crippen LogP contribution is 2.15. The lowest BCUT2D eigenvalue weighted by Crippen LogP contribution is -2.27. The first-order valence-corrected chi connectivity index (χ1v) is 14.5. The molecule has 0 spiro atoms. The molecule has 226 valence electrons. The maximum Gasteiger partial charge on any atom is 0.251 e. The third kappa shape index (κ3) is 11.5. The van der Waals surface area contributed by atoms with Gasteiger partial charge in [-0.2, -0.15) is 15.0 Å². The van der Waals surface area contributed by atoms with E-state index in [-0.39, 0.29) is 5.91 Å². The first-order chi connectivity index (χ1) is 21.1. The van der Waals surface area contributed by atoms with Crippen LogP contribution < -0.4 is 27.0 Å². The minimum atomic E-state index is -0.162. The quantitative estimate of drug-likeness (QED) is 0.105. The molecule has 0 saturated carbocycles. The SMILES string of the molecule is NCCOCCOCCNC(=O)c1ccc(CNc2nc(NCc3ccccc3)nc(NCc3ccc(Cl)cc3)n2)cc1. The number of ether oxygens (including phenoxy) is 2. The van der Waals surface area contributed by atoms with Gasteiger partial charge in [-0.1, -0.05) is 66.2 Å². The number of carbonyl (C=O) groups is 1. The van der Waals surface area contributed by atoms with E-state index in [0.29, 0.717) is 87.6 Å². The Morgan fingerprint density at radius 1 is 0.651 bits per heavy atom. The summed E-state index contributed by atoms with van der Waals surface area (Å²) >= 11 is 6.01. The molecule has 0 unspecified atom stereocenters. The zero-order valence-corrected chi connectivity index (χ0v) is 24.6. The average Bonchev–Trinajstić information content (AvgIpc) is 3.04. The van der Waals surface area contributed by atoms with E-state index in [4.69, 9.17) is 26.8 Å². The van der Waals surface area contributed by atoms with Gasteiger partial charge in [0.1, 0.15) is 0 Å². The second-order valence-corrected chi connectivity index (χ2v) is 9.88. The molecule has 0 aliphatic carbocycles. The lowest BCUT2D eigenvalue weighted by Gasteiger charge is -2.12. The maximum absolute atomic E-state index is 12.5. The normalized spacial score (nSPS) is 10.7. The Bertz CT molecular complexity index is 1390. The van der Waals surface area contributed by atoms with Gasteiger partial charge in [0.15, 0.2) is 0 Å². The molecule has 6 N–H and O–H groups in total. The number of anilines is 3. The molecule has 0 aliphatic rings. The summed E-state index contributed by atoms with van der Waals surface area (Å²) in [5.41, 5.74) is 9.05. The van der Waals surface area contributed by atoms with Crippen LogP contribution in [0.2, 0.25) is 5.02 Å². The van der Waals surface area contributed by atoms with E-state index in [2.05, 4.69) is 36.2 Å². The molecule has 11 nitrogen and oxygen atoms in total. The molecule has 1 aromatic heterocycles. The number of nitrogens with zero attached hydrogens (tertiary/aromatic N) is 3. The van der Waals surface area contributed by atoms with Crippen LogP contribution in [-0.4, -0.2) is 60.4 Å². The Labute approximate surface area is 256 Å². The Morgan fingerprint density at radius 3 is 1.67 bits per heavy atom. The minimum Gasteiger partial charge on any atom is -0.378 e. The molecule has 0 aliphatic heterocycles. The number of benzene rings is 3. The van der Waals surface area contributed by atoms with E-state index in [9.17, 15) is 4.79 Å². The zero-order valence-electron chi connectivity index (χ0n) is 23.9. The third-order valence-electron chi connectivity index (χ3n) is 6.13. The van der Waals surface area contributed by atoms with E-state index >= 15 is 0 Å². The van der Waals surface area contributed by atoms with E-state index in [1.165, 1.54) is 0 Å². The number of hydrogen-bond acceptors (Lipinski definition) is 10. The first kappa shape index (κ1) is 31.6. The number of carbonyl (C=O) groups excluding carboxylic acids is 1. The monoisotopic (exact) mass is 604 g/mol. The summed E-state index contributed by atoms with van der Waals surface area (Å²) < 4.78 is 10.7. The third-order valence-corrected chi connectivity index (χ3v) is 6.38. The molecule has 0 saturated heterocycles.